The normalized spacial score (nSPS) is 19.6. The van der Waals surface area contributed by atoms with E-state index < -0.39 is 0 Å². The summed E-state index contributed by atoms with van der Waals surface area (Å²) in [6.45, 7) is 3.70. The monoisotopic (exact) mass is 215 g/mol. The molecular formula is C12H25NO2. The molecule has 1 rings (SSSR count). The molecule has 0 saturated carbocycles. The molecule has 0 amide bonds. The van der Waals surface area contributed by atoms with Crippen molar-refractivity contribution in [2.45, 2.75) is 64.2 Å². The van der Waals surface area contributed by atoms with Crippen molar-refractivity contribution in [2.24, 2.45) is 5.73 Å². The molecule has 0 radical (unpaired) electrons. The van der Waals surface area contributed by atoms with E-state index in [4.69, 9.17) is 15.2 Å². The fourth-order valence-electron chi connectivity index (χ4n) is 1.92. The molecule has 0 spiro atoms. The zero-order valence-electron chi connectivity index (χ0n) is 9.91. The Hall–Kier alpha value is -0.120. The second-order valence-corrected chi connectivity index (χ2v) is 4.37. The summed E-state index contributed by atoms with van der Waals surface area (Å²) in [4.78, 5) is 0. The lowest BCUT2D eigenvalue weighted by Crippen LogP contribution is -2.26. The second-order valence-electron chi connectivity index (χ2n) is 4.37. The van der Waals surface area contributed by atoms with E-state index in [9.17, 15) is 0 Å². The van der Waals surface area contributed by atoms with E-state index in [1.165, 1.54) is 32.1 Å². The first kappa shape index (κ1) is 12.9. The van der Waals surface area contributed by atoms with Crippen LogP contribution in [0.1, 0.15) is 51.9 Å². The molecule has 1 aliphatic rings. The SMILES string of the molecule is CCCCCCCC(N)CC1OCCO1. The van der Waals surface area contributed by atoms with Gasteiger partial charge in [-0.1, -0.05) is 39.0 Å². The van der Waals surface area contributed by atoms with Gasteiger partial charge in [0.2, 0.25) is 0 Å². The van der Waals surface area contributed by atoms with E-state index in [1.807, 2.05) is 0 Å². The van der Waals surface area contributed by atoms with Gasteiger partial charge in [0.05, 0.1) is 13.2 Å². The van der Waals surface area contributed by atoms with Crippen LogP contribution in [-0.2, 0) is 9.47 Å². The summed E-state index contributed by atoms with van der Waals surface area (Å²) in [5, 5.41) is 0. The molecule has 2 N–H and O–H groups in total. The lowest BCUT2D eigenvalue weighted by atomic mass is 10.0. The topological polar surface area (TPSA) is 44.5 Å². The van der Waals surface area contributed by atoms with Crippen LogP contribution in [-0.4, -0.2) is 25.5 Å². The predicted octanol–water partition coefficient (Wildman–Crippen LogP) is 2.44. The number of rotatable bonds is 8. The van der Waals surface area contributed by atoms with Crippen molar-refractivity contribution in [3.8, 4) is 0 Å². The molecule has 1 aliphatic heterocycles. The van der Waals surface area contributed by atoms with Crippen LogP contribution in [0.15, 0.2) is 0 Å². The Balaban J connectivity index is 1.91. The molecule has 15 heavy (non-hydrogen) atoms. The molecule has 1 unspecified atom stereocenters. The molecule has 0 bridgehead atoms. The van der Waals surface area contributed by atoms with E-state index in [1.54, 1.807) is 0 Å². The summed E-state index contributed by atoms with van der Waals surface area (Å²) in [7, 11) is 0. The predicted molar refractivity (Wildman–Crippen MR) is 61.7 cm³/mol. The lowest BCUT2D eigenvalue weighted by molar-refractivity contribution is -0.0510. The maximum absolute atomic E-state index is 6.01. The van der Waals surface area contributed by atoms with Crippen molar-refractivity contribution in [3.05, 3.63) is 0 Å². The van der Waals surface area contributed by atoms with Gasteiger partial charge in [0.25, 0.3) is 0 Å². The fourth-order valence-corrected chi connectivity index (χ4v) is 1.92. The first-order chi connectivity index (χ1) is 7.33. The van der Waals surface area contributed by atoms with Crippen LogP contribution < -0.4 is 5.73 Å². The Morgan fingerprint density at radius 2 is 1.80 bits per heavy atom. The number of ether oxygens (including phenoxy) is 2. The van der Waals surface area contributed by atoms with E-state index in [2.05, 4.69) is 6.92 Å². The highest BCUT2D eigenvalue weighted by Crippen LogP contribution is 2.13. The zero-order chi connectivity index (χ0) is 10.9. The third kappa shape index (κ3) is 6.13. The van der Waals surface area contributed by atoms with Gasteiger partial charge in [0, 0.05) is 12.5 Å². The largest absolute Gasteiger partial charge is 0.350 e. The number of hydrogen-bond donors (Lipinski definition) is 1. The Morgan fingerprint density at radius 3 is 2.47 bits per heavy atom. The van der Waals surface area contributed by atoms with Gasteiger partial charge in [-0.05, 0) is 6.42 Å². The molecule has 90 valence electrons. The van der Waals surface area contributed by atoms with Gasteiger partial charge >= 0.3 is 0 Å². The minimum absolute atomic E-state index is 0.0318. The van der Waals surface area contributed by atoms with Crippen molar-refractivity contribution in [1.29, 1.82) is 0 Å². The summed E-state index contributed by atoms with van der Waals surface area (Å²) < 4.78 is 10.7. The molecular weight excluding hydrogens is 190 g/mol. The first-order valence-corrected chi connectivity index (χ1v) is 6.31. The van der Waals surface area contributed by atoms with Crippen LogP contribution in [0.2, 0.25) is 0 Å². The third-order valence-electron chi connectivity index (χ3n) is 2.86. The Bertz CT molecular complexity index is 147. The molecule has 0 aromatic rings. The van der Waals surface area contributed by atoms with E-state index in [0.717, 1.165) is 26.1 Å². The second kappa shape index (κ2) is 8.08. The molecule has 0 aromatic heterocycles. The molecule has 3 heteroatoms. The van der Waals surface area contributed by atoms with Gasteiger partial charge in [0.15, 0.2) is 6.29 Å². The van der Waals surface area contributed by atoms with Crippen molar-refractivity contribution < 1.29 is 9.47 Å². The van der Waals surface area contributed by atoms with Crippen LogP contribution in [0.5, 0.6) is 0 Å². The minimum atomic E-state index is -0.0318. The van der Waals surface area contributed by atoms with E-state index >= 15 is 0 Å². The quantitative estimate of drug-likeness (QED) is 0.632. The smallest absolute Gasteiger partial charge is 0.159 e. The first-order valence-electron chi connectivity index (χ1n) is 6.31. The van der Waals surface area contributed by atoms with Crippen LogP contribution >= 0.6 is 0 Å². The molecule has 0 aromatic carbocycles. The number of unbranched alkanes of at least 4 members (excludes halogenated alkanes) is 4. The third-order valence-corrected chi connectivity index (χ3v) is 2.86. The van der Waals surface area contributed by atoms with Crippen LogP contribution in [0.3, 0.4) is 0 Å². The molecule has 1 fully saturated rings. The summed E-state index contributed by atoms with van der Waals surface area (Å²) >= 11 is 0. The van der Waals surface area contributed by atoms with Crippen LogP contribution in [0.25, 0.3) is 0 Å². The van der Waals surface area contributed by atoms with E-state index in [-0.39, 0.29) is 12.3 Å². The maximum atomic E-state index is 6.01. The van der Waals surface area contributed by atoms with Crippen molar-refractivity contribution >= 4 is 0 Å². The van der Waals surface area contributed by atoms with Gasteiger partial charge < -0.3 is 15.2 Å². The highest BCUT2D eigenvalue weighted by Gasteiger charge is 2.18. The highest BCUT2D eigenvalue weighted by molar-refractivity contribution is 4.65. The van der Waals surface area contributed by atoms with Gasteiger partial charge in [0.1, 0.15) is 0 Å². The van der Waals surface area contributed by atoms with Crippen LogP contribution in [0, 0.1) is 0 Å². The highest BCUT2D eigenvalue weighted by atomic mass is 16.7. The molecule has 1 heterocycles. The molecule has 0 aliphatic carbocycles. The van der Waals surface area contributed by atoms with Crippen molar-refractivity contribution in [3.63, 3.8) is 0 Å². The molecule has 3 nitrogen and oxygen atoms in total. The van der Waals surface area contributed by atoms with Gasteiger partial charge in [-0.2, -0.15) is 0 Å². The zero-order valence-corrected chi connectivity index (χ0v) is 9.91. The van der Waals surface area contributed by atoms with E-state index in [0.29, 0.717) is 0 Å². The summed E-state index contributed by atoms with van der Waals surface area (Å²) in [6.07, 6.45) is 8.48. The molecule has 1 saturated heterocycles. The van der Waals surface area contributed by atoms with Crippen molar-refractivity contribution in [1.82, 2.24) is 0 Å². The van der Waals surface area contributed by atoms with Crippen LogP contribution in [0.4, 0.5) is 0 Å². The van der Waals surface area contributed by atoms with Gasteiger partial charge in [-0.3, -0.25) is 0 Å². The fraction of sp³-hybridized carbons (Fsp3) is 1.00. The maximum Gasteiger partial charge on any atom is 0.159 e. The molecule has 1 atom stereocenters. The average Bonchev–Trinajstić information content (AvgIpc) is 2.70. The average molecular weight is 215 g/mol. The van der Waals surface area contributed by atoms with Gasteiger partial charge in [-0.15, -0.1) is 0 Å². The Labute approximate surface area is 93.3 Å². The standard InChI is InChI=1S/C12H25NO2/c1-2-3-4-5-6-7-11(13)10-12-14-8-9-15-12/h11-12H,2-10,13H2,1H3. The Kier molecular flexibility index (Phi) is 6.98. The van der Waals surface area contributed by atoms with Gasteiger partial charge in [-0.25, -0.2) is 0 Å². The summed E-state index contributed by atoms with van der Waals surface area (Å²) in [6, 6.07) is 0.245. The summed E-state index contributed by atoms with van der Waals surface area (Å²) in [5.74, 6) is 0. The lowest BCUT2D eigenvalue weighted by Gasteiger charge is -2.15. The van der Waals surface area contributed by atoms with Crippen molar-refractivity contribution in [2.75, 3.05) is 13.2 Å². The minimum Gasteiger partial charge on any atom is -0.350 e. The number of nitrogens with two attached hydrogens (primary N) is 1. The number of hydrogen-bond acceptors (Lipinski definition) is 3. The summed E-state index contributed by atoms with van der Waals surface area (Å²) in [5.41, 5.74) is 6.01. The Morgan fingerprint density at radius 1 is 1.13 bits per heavy atom.